The van der Waals surface area contributed by atoms with E-state index in [0.29, 0.717) is 16.4 Å². The number of thioether (sulfide) groups is 2. The van der Waals surface area contributed by atoms with E-state index in [9.17, 15) is 9.18 Å². The first-order valence-corrected chi connectivity index (χ1v) is 8.87. The van der Waals surface area contributed by atoms with Gasteiger partial charge >= 0.3 is 0 Å². The van der Waals surface area contributed by atoms with Crippen molar-refractivity contribution in [2.75, 3.05) is 17.3 Å². The van der Waals surface area contributed by atoms with E-state index in [4.69, 9.17) is 0 Å². The largest absolute Gasteiger partial charge is 0.300 e. The monoisotopic (exact) mass is 329 g/mol. The van der Waals surface area contributed by atoms with Gasteiger partial charge in [-0.05, 0) is 17.9 Å². The van der Waals surface area contributed by atoms with Gasteiger partial charge in [-0.15, -0.1) is 22.0 Å². The highest BCUT2D eigenvalue weighted by molar-refractivity contribution is 8.00. The Morgan fingerprint density at radius 3 is 2.90 bits per heavy atom. The zero-order valence-corrected chi connectivity index (χ0v) is 13.1. The lowest BCUT2D eigenvalue weighted by Gasteiger charge is -2.03. The van der Waals surface area contributed by atoms with Crippen molar-refractivity contribution in [1.82, 2.24) is 10.2 Å². The molecule has 0 unspecified atom stereocenters. The topological polar surface area (TPSA) is 54.9 Å². The molecule has 1 aromatic heterocycles. The number of nitrogens with one attached hydrogen (secondary N) is 1. The number of aromatic nitrogens is 2. The molecule has 1 heterocycles. The molecule has 0 saturated carbocycles. The van der Waals surface area contributed by atoms with E-state index in [-0.39, 0.29) is 17.5 Å². The molecule has 0 aliphatic heterocycles. The average molecular weight is 329 g/mol. The van der Waals surface area contributed by atoms with Gasteiger partial charge in [0.25, 0.3) is 0 Å². The molecule has 1 N–H and O–H groups in total. The third kappa shape index (κ3) is 4.46. The second kappa shape index (κ2) is 7.61. The van der Waals surface area contributed by atoms with E-state index in [1.807, 2.05) is 6.26 Å². The van der Waals surface area contributed by atoms with E-state index in [1.165, 1.54) is 40.9 Å². The fourth-order valence-electron chi connectivity index (χ4n) is 1.37. The highest BCUT2D eigenvalue weighted by atomic mass is 32.2. The zero-order chi connectivity index (χ0) is 14.4. The number of nitrogens with zero attached hydrogens (tertiary/aromatic N) is 2. The fourth-order valence-corrected chi connectivity index (χ4v) is 3.37. The summed E-state index contributed by atoms with van der Waals surface area (Å²) >= 11 is 4.17. The van der Waals surface area contributed by atoms with Crippen LogP contribution in [0.4, 0.5) is 9.52 Å². The Hall–Kier alpha value is -1.12. The molecule has 4 nitrogen and oxygen atoms in total. The summed E-state index contributed by atoms with van der Waals surface area (Å²) in [5.74, 6) is 0.318. The second-order valence-electron chi connectivity index (χ2n) is 3.71. The van der Waals surface area contributed by atoms with Crippen LogP contribution in [0.5, 0.6) is 0 Å². The van der Waals surface area contributed by atoms with Crippen LogP contribution in [-0.4, -0.2) is 28.1 Å². The maximum atomic E-state index is 13.4. The zero-order valence-electron chi connectivity index (χ0n) is 10.6. The Morgan fingerprint density at radius 2 is 2.20 bits per heavy atom. The summed E-state index contributed by atoms with van der Waals surface area (Å²) in [6, 6.07) is 6.57. The maximum Gasteiger partial charge on any atom is 0.236 e. The molecule has 0 radical (unpaired) electrons. The molecular formula is C12H12FN3OS3. The molecule has 2 aromatic rings. The Bertz CT molecular complexity index is 591. The van der Waals surface area contributed by atoms with Crippen LogP contribution in [0.25, 0.3) is 0 Å². The molecule has 0 bridgehead atoms. The van der Waals surface area contributed by atoms with Gasteiger partial charge in [0.1, 0.15) is 5.82 Å². The van der Waals surface area contributed by atoms with Gasteiger partial charge in [-0.1, -0.05) is 41.3 Å². The summed E-state index contributed by atoms with van der Waals surface area (Å²) < 4.78 is 14.2. The molecule has 8 heteroatoms. The van der Waals surface area contributed by atoms with Gasteiger partial charge in [0, 0.05) is 5.75 Å². The number of rotatable bonds is 6. The number of hydrogen-bond acceptors (Lipinski definition) is 6. The predicted molar refractivity (Wildman–Crippen MR) is 82.9 cm³/mol. The highest BCUT2D eigenvalue weighted by Gasteiger charge is 2.08. The summed E-state index contributed by atoms with van der Waals surface area (Å²) in [4.78, 5) is 11.7. The first-order chi connectivity index (χ1) is 9.69. The molecule has 1 amide bonds. The number of carbonyl (C=O) groups excluding carboxylic acids is 1. The van der Waals surface area contributed by atoms with Crippen LogP contribution >= 0.6 is 34.9 Å². The third-order valence-corrected chi connectivity index (χ3v) is 5.07. The fraction of sp³-hybridized carbons (Fsp3) is 0.250. The van der Waals surface area contributed by atoms with Crippen LogP contribution in [0.15, 0.2) is 28.6 Å². The Kier molecular flexibility index (Phi) is 5.81. The number of hydrogen-bond donors (Lipinski definition) is 1. The Balaban J connectivity index is 1.77. The minimum atomic E-state index is -0.242. The van der Waals surface area contributed by atoms with E-state index >= 15 is 0 Å². The molecule has 20 heavy (non-hydrogen) atoms. The Labute approximate surface area is 128 Å². The van der Waals surface area contributed by atoms with Crippen molar-refractivity contribution in [1.29, 1.82) is 0 Å². The SMILES string of the molecule is CSc1nnc(NC(=O)CSCc2ccccc2F)s1. The summed E-state index contributed by atoms with van der Waals surface area (Å²) in [5, 5.41) is 10.9. The van der Waals surface area contributed by atoms with Crippen LogP contribution in [0.3, 0.4) is 0 Å². The van der Waals surface area contributed by atoms with Crippen molar-refractivity contribution in [3.63, 3.8) is 0 Å². The first-order valence-electron chi connectivity index (χ1n) is 5.67. The maximum absolute atomic E-state index is 13.4. The number of halogens is 1. The van der Waals surface area contributed by atoms with Crippen LogP contribution in [0.2, 0.25) is 0 Å². The van der Waals surface area contributed by atoms with Crippen LogP contribution in [0.1, 0.15) is 5.56 Å². The van der Waals surface area contributed by atoms with Gasteiger partial charge < -0.3 is 0 Å². The van der Waals surface area contributed by atoms with Gasteiger partial charge in [-0.3, -0.25) is 10.1 Å². The number of carbonyl (C=O) groups is 1. The molecule has 0 spiro atoms. The molecule has 0 fully saturated rings. The number of benzene rings is 1. The molecule has 2 rings (SSSR count). The lowest BCUT2D eigenvalue weighted by Crippen LogP contribution is -2.14. The van der Waals surface area contributed by atoms with Crippen molar-refractivity contribution in [2.24, 2.45) is 0 Å². The van der Waals surface area contributed by atoms with Gasteiger partial charge in [0.15, 0.2) is 4.34 Å². The van der Waals surface area contributed by atoms with Gasteiger partial charge in [0.05, 0.1) is 5.75 Å². The molecular weight excluding hydrogens is 317 g/mol. The first kappa shape index (κ1) is 15.3. The summed E-state index contributed by atoms with van der Waals surface area (Å²) in [6.07, 6.45) is 1.90. The standard InChI is InChI=1S/C12H12FN3OS3/c1-18-12-16-15-11(20-12)14-10(17)7-19-6-8-4-2-3-5-9(8)13/h2-5H,6-7H2,1H3,(H,14,15,17). The second-order valence-corrected chi connectivity index (χ2v) is 6.73. The van der Waals surface area contributed by atoms with E-state index in [2.05, 4.69) is 15.5 Å². The molecule has 106 valence electrons. The average Bonchev–Trinajstić information content (AvgIpc) is 2.88. The van der Waals surface area contributed by atoms with Crippen LogP contribution in [0, 0.1) is 5.82 Å². The van der Waals surface area contributed by atoms with E-state index < -0.39 is 0 Å². The van der Waals surface area contributed by atoms with Crippen molar-refractivity contribution < 1.29 is 9.18 Å². The molecule has 0 aliphatic rings. The molecule has 0 saturated heterocycles. The Morgan fingerprint density at radius 1 is 1.40 bits per heavy atom. The lowest BCUT2D eigenvalue weighted by molar-refractivity contribution is -0.113. The highest BCUT2D eigenvalue weighted by Crippen LogP contribution is 2.23. The van der Waals surface area contributed by atoms with Crippen molar-refractivity contribution in [3.05, 3.63) is 35.6 Å². The normalized spacial score (nSPS) is 10.5. The third-order valence-electron chi connectivity index (χ3n) is 2.28. The van der Waals surface area contributed by atoms with Crippen molar-refractivity contribution >= 4 is 45.9 Å². The number of amides is 1. The molecule has 0 aliphatic carbocycles. The smallest absolute Gasteiger partial charge is 0.236 e. The van der Waals surface area contributed by atoms with Gasteiger partial charge in [-0.25, -0.2) is 4.39 Å². The molecule has 0 atom stereocenters. The summed E-state index contributed by atoms with van der Waals surface area (Å²) in [7, 11) is 0. The molecule has 1 aromatic carbocycles. The van der Waals surface area contributed by atoms with E-state index in [0.717, 1.165) is 4.34 Å². The van der Waals surface area contributed by atoms with Gasteiger partial charge in [0.2, 0.25) is 11.0 Å². The quantitative estimate of drug-likeness (QED) is 0.651. The van der Waals surface area contributed by atoms with Crippen molar-refractivity contribution in [2.45, 2.75) is 10.1 Å². The lowest BCUT2D eigenvalue weighted by atomic mass is 10.2. The van der Waals surface area contributed by atoms with Gasteiger partial charge in [-0.2, -0.15) is 0 Å². The van der Waals surface area contributed by atoms with Crippen molar-refractivity contribution in [3.8, 4) is 0 Å². The summed E-state index contributed by atoms with van der Waals surface area (Å²) in [6.45, 7) is 0. The minimum Gasteiger partial charge on any atom is -0.300 e. The number of anilines is 1. The van der Waals surface area contributed by atoms with E-state index in [1.54, 1.807) is 18.2 Å². The van der Waals surface area contributed by atoms with Crippen LogP contribution in [-0.2, 0) is 10.5 Å². The summed E-state index contributed by atoms with van der Waals surface area (Å²) in [5.41, 5.74) is 0.603. The predicted octanol–water partition coefficient (Wildman–Crippen LogP) is 3.27. The minimum absolute atomic E-state index is 0.157. The van der Waals surface area contributed by atoms with Crippen LogP contribution < -0.4 is 5.32 Å².